The van der Waals surface area contributed by atoms with Crippen molar-refractivity contribution in [3.05, 3.63) is 29.8 Å². The number of anilines is 1. The van der Waals surface area contributed by atoms with Gasteiger partial charge in [0.05, 0.1) is 5.41 Å². The van der Waals surface area contributed by atoms with E-state index in [-0.39, 0.29) is 17.4 Å². The van der Waals surface area contributed by atoms with Gasteiger partial charge in [0.1, 0.15) is 0 Å². The second-order valence-corrected chi connectivity index (χ2v) is 6.08. The summed E-state index contributed by atoms with van der Waals surface area (Å²) in [6.45, 7) is 7.74. The highest BCUT2D eigenvalue weighted by molar-refractivity contribution is 6.06. The van der Waals surface area contributed by atoms with Crippen LogP contribution in [0, 0.1) is 0 Å². The number of benzene rings is 1. The van der Waals surface area contributed by atoms with Crippen LogP contribution in [0.25, 0.3) is 0 Å². The number of rotatable bonds is 1. The minimum Gasteiger partial charge on any atom is -0.325 e. The fourth-order valence-electron chi connectivity index (χ4n) is 3.93. The molecule has 19 heavy (non-hydrogen) atoms. The van der Waals surface area contributed by atoms with Crippen molar-refractivity contribution in [3.63, 3.8) is 0 Å². The highest BCUT2D eigenvalue weighted by Crippen LogP contribution is 2.47. The van der Waals surface area contributed by atoms with Crippen LogP contribution >= 0.6 is 0 Å². The molecule has 2 atom stereocenters. The molecule has 1 fully saturated rings. The maximum absolute atomic E-state index is 12.6. The molecule has 2 heterocycles. The molecule has 0 aliphatic carbocycles. The molecule has 0 radical (unpaired) electrons. The third kappa shape index (κ3) is 1.64. The first-order valence-corrected chi connectivity index (χ1v) is 7.24. The molecular weight excluding hydrogens is 236 g/mol. The number of likely N-dealkylation sites (tertiary alicyclic amines) is 1. The van der Waals surface area contributed by atoms with Crippen LogP contribution in [0.3, 0.4) is 0 Å². The Hall–Kier alpha value is -1.35. The smallest absolute Gasteiger partial charge is 0.236 e. The van der Waals surface area contributed by atoms with Gasteiger partial charge < -0.3 is 5.32 Å². The van der Waals surface area contributed by atoms with E-state index in [1.165, 1.54) is 5.56 Å². The van der Waals surface area contributed by atoms with E-state index in [0.29, 0.717) is 6.04 Å². The van der Waals surface area contributed by atoms with Crippen LogP contribution in [0.15, 0.2) is 24.3 Å². The van der Waals surface area contributed by atoms with Crippen molar-refractivity contribution >= 4 is 11.6 Å². The lowest BCUT2D eigenvalue weighted by Gasteiger charge is -2.47. The first-order chi connectivity index (χ1) is 9.07. The molecule has 2 aliphatic heterocycles. The van der Waals surface area contributed by atoms with Crippen LogP contribution in [0.4, 0.5) is 5.69 Å². The van der Waals surface area contributed by atoms with E-state index in [1.54, 1.807) is 0 Å². The van der Waals surface area contributed by atoms with Crippen molar-refractivity contribution in [2.24, 2.45) is 0 Å². The maximum atomic E-state index is 12.6. The Bertz CT molecular complexity index is 511. The molecule has 1 N–H and O–H groups in total. The maximum Gasteiger partial charge on any atom is 0.236 e. The van der Waals surface area contributed by atoms with E-state index in [1.807, 2.05) is 18.2 Å². The van der Waals surface area contributed by atoms with Crippen LogP contribution in [0.2, 0.25) is 0 Å². The van der Waals surface area contributed by atoms with Crippen LogP contribution in [0.5, 0.6) is 0 Å². The minimum atomic E-state index is -0.348. The van der Waals surface area contributed by atoms with Crippen LogP contribution < -0.4 is 5.32 Å². The number of piperidine rings is 1. The van der Waals surface area contributed by atoms with E-state index in [2.05, 4.69) is 37.1 Å². The number of amides is 1. The first-order valence-electron chi connectivity index (χ1n) is 7.24. The number of para-hydroxylation sites is 1. The van der Waals surface area contributed by atoms with Gasteiger partial charge in [-0.1, -0.05) is 18.2 Å². The fourth-order valence-corrected chi connectivity index (χ4v) is 3.93. The van der Waals surface area contributed by atoms with E-state index < -0.39 is 0 Å². The summed E-state index contributed by atoms with van der Waals surface area (Å²) in [5.74, 6) is 0.187. The third-order valence-electron chi connectivity index (χ3n) is 4.92. The highest BCUT2D eigenvalue weighted by Gasteiger charge is 2.53. The molecule has 1 saturated heterocycles. The average molecular weight is 258 g/mol. The van der Waals surface area contributed by atoms with Crippen molar-refractivity contribution < 1.29 is 4.79 Å². The second kappa shape index (κ2) is 4.34. The molecule has 102 valence electrons. The second-order valence-electron chi connectivity index (χ2n) is 6.08. The SMILES string of the molecule is CC(C)N1CCCC2(C(=O)Nc3ccccc32)C1C. The molecule has 3 heteroatoms. The standard InChI is InChI=1S/C16H22N2O/c1-11(2)18-10-6-9-16(12(18)3)13-7-4-5-8-14(13)17-15(16)19/h4-5,7-8,11-12H,6,9-10H2,1-3H3,(H,17,19). The van der Waals surface area contributed by atoms with Gasteiger partial charge in [-0.3, -0.25) is 9.69 Å². The Morgan fingerprint density at radius 2 is 2.11 bits per heavy atom. The van der Waals surface area contributed by atoms with Gasteiger partial charge in [-0.2, -0.15) is 0 Å². The lowest BCUT2D eigenvalue weighted by atomic mass is 9.69. The molecular formula is C16H22N2O. The highest BCUT2D eigenvalue weighted by atomic mass is 16.2. The van der Waals surface area contributed by atoms with Gasteiger partial charge in [-0.25, -0.2) is 0 Å². The van der Waals surface area contributed by atoms with Crippen LogP contribution in [0.1, 0.15) is 39.2 Å². The van der Waals surface area contributed by atoms with Crippen LogP contribution in [-0.4, -0.2) is 29.4 Å². The topological polar surface area (TPSA) is 32.3 Å². The van der Waals surface area contributed by atoms with Gasteiger partial charge in [0, 0.05) is 17.8 Å². The van der Waals surface area contributed by atoms with Crippen molar-refractivity contribution in [1.29, 1.82) is 0 Å². The molecule has 0 aromatic heterocycles. The summed E-state index contributed by atoms with van der Waals surface area (Å²) in [7, 11) is 0. The summed E-state index contributed by atoms with van der Waals surface area (Å²) in [6, 6.07) is 8.90. The summed E-state index contributed by atoms with van der Waals surface area (Å²) in [6.07, 6.45) is 2.05. The summed E-state index contributed by atoms with van der Waals surface area (Å²) < 4.78 is 0. The van der Waals surface area contributed by atoms with E-state index >= 15 is 0 Å². The zero-order valence-corrected chi connectivity index (χ0v) is 11.9. The van der Waals surface area contributed by atoms with Gasteiger partial charge in [-0.15, -0.1) is 0 Å². The number of nitrogens with zero attached hydrogens (tertiary/aromatic N) is 1. The van der Waals surface area contributed by atoms with E-state index in [0.717, 1.165) is 25.1 Å². The number of carbonyl (C=O) groups excluding carboxylic acids is 1. The average Bonchev–Trinajstić information content (AvgIpc) is 2.66. The summed E-state index contributed by atoms with van der Waals surface area (Å²) >= 11 is 0. The normalized spacial score (nSPS) is 30.7. The van der Waals surface area contributed by atoms with Gasteiger partial charge >= 0.3 is 0 Å². The molecule has 1 aromatic rings. The molecule has 3 nitrogen and oxygen atoms in total. The molecule has 0 bridgehead atoms. The minimum absolute atomic E-state index is 0.187. The number of nitrogens with one attached hydrogen (secondary N) is 1. The Morgan fingerprint density at radius 3 is 2.84 bits per heavy atom. The Kier molecular flexibility index (Phi) is 2.90. The van der Waals surface area contributed by atoms with E-state index in [9.17, 15) is 4.79 Å². The van der Waals surface area contributed by atoms with Crippen molar-refractivity contribution in [1.82, 2.24) is 4.90 Å². The van der Waals surface area contributed by atoms with Gasteiger partial charge in [0.2, 0.25) is 5.91 Å². The van der Waals surface area contributed by atoms with Gasteiger partial charge in [-0.05, 0) is 51.8 Å². The molecule has 2 aliphatic rings. The Morgan fingerprint density at radius 1 is 1.37 bits per heavy atom. The lowest BCUT2D eigenvalue weighted by Crippen LogP contribution is -2.58. The fraction of sp³-hybridized carbons (Fsp3) is 0.562. The van der Waals surface area contributed by atoms with Crippen molar-refractivity contribution in [2.75, 3.05) is 11.9 Å². The molecule has 2 unspecified atom stereocenters. The van der Waals surface area contributed by atoms with Gasteiger partial charge in [0.15, 0.2) is 0 Å². The zero-order valence-electron chi connectivity index (χ0n) is 11.9. The van der Waals surface area contributed by atoms with Crippen LogP contribution in [-0.2, 0) is 10.2 Å². The Labute approximate surface area is 115 Å². The quantitative estimate of drug-likeness (QED) is 0.840. The Balaban J connectivity index is 2.09. The number of hydrogen-bond acceptors (Lipinski definition) is 2. The predicted octanol–water partition coefficient (Wildman–Crippen LogP) is 2.77. The summed E-state index contributed by atoms with van der Waals surface area (Å²) in [5.41, 5.74) is 1.85. The predicted molar refractivity (Wildman–Crippen MR) is 77.3 cm³/mol. The molecule has 3 rings (SSSR count). The molecule has 0 saturated carbocycles. The zero-order chi connectivity index (χ0) is 13.6. The third-order valence-corrected chi connectivity index (χ3v) is 4.92. The molecule has 1 amide bonds. The number of fused-ring (bicyclic) bond motifs is 2. The number of carbonyl (C=O) groups is 1. The van der Waals surface area contributed by atoms with Crippen molar-refractivity contribution in [3.8, 4) is 0 Å². The molecule has 1 spiro atoms. The number of hydrogen-bond donors (Lipinski definition) is 1. The largest absolute Gasteiger partial charge is 0.325 e. The lowest BCUT2D eigenvalue weighted by molar-refractivity contribution is -0.125. The molecule has 1 aromatic carbocycles. The first kappa shape index (κ1) is 12.7. The summed E-state index contributed by atoms with van der Waals surface area (Å²) in [5, 5.41) is 3.08. The van der Waals surface area contributed by atoms with Gasteiger partial charge in [0.25, 0.3) is 0 Å². The monoisotopic (exact) mass is 258 g/mol. The van der Waals surface area contributed by atoms with Crippen molar-refractivity contribution in [2.45, 2.75) is 51.1 Å². The summed E-state index contributed by atoms with van der Waals surface area (Å²) in [4.78, 5) is 15.1. The van der Waals surface area contributed by atoms with E-state index in [4.69, 9.17) is 0 Å².